The van der Waals surface area contributed by atoms with Crippen LogP contribution in [0.4, 0.5) is 0 Å². The zero-order valence-corrected chi connectivity index (χ0v) is 12.9. The van der Waals surface area contributed by atoms with Crippen molar-refractivity contribution in [1.82, 2.24) is 4.98 Å². The first-order chi connectivity index (χ1) is 8.61. The molecule has 0 saturated heterocycles. The Morgan fingerprint density at radius 1 is 1.00 bits per heavy atom. The average molecular weight is 359 g/mol. The van der Waals surface area contributed by atoms with Crippen LogP contribution in [0.2, 0.25) is 10.0 Å². The topological polar surface area (TPSA) is 12.9 Å². The van der Waals surface area contributed by atoms with E-state index in [4.69, 9.17) is 23.2 Å². The minimum Gasteiger partial charge on any atom is -0.236 e. The summed E-state index contributed by atoms with van der Waals surface area (Å²) in [5.74, 6) is 0. The van der Waals surface area contributed by atoms with Crippen molar-refractivity contribution in [3.05, 3.63) is 50.9 Å². The number of hydrogen-bond acceptors (Lipinski definition) is 2. The van der Waals surface area contributed by atoms with Crippen LogP contribution in [-0.4, -0.2) is 4.98 Å². The Bertz CT molecular complexity index is 719. The molecule has 90 valence electrons. The van der Waals surface area contributed by atoms with Crippen LogP contribution in [0.15, 0.2) is 40.9 Å². The molecule has 0 aliphatic rings. The van der Waals surface area contributed by atoms with E-state index in [0.29, 0.717) is 10.0 Å². The molecule has 0 saturated carbocycles. The predicted octanol–water partition coefficient (Wildman–Crippen LogP) is 6.03. The third kappa shape index (κ3) is 2.41. The van der Waals surface area contributed by atoms with Gasteiger partial charge >= 0.3 is 0 Å². The maximum Gasteiger partial charge on any atom is 0.124 e. The Balaban J connectivity index is 2.19. The molecule has 5 heteroatoms. The van der Waals surface area contributed by atoms with Gasteiger partial charge in [0.15, 0.2) is 0 Å². The molecule has 1 nitrogen and oxygen atoms in total. The van der Waals surface area contributed by atoms with Gasteiger partial charge in [-0.05, 0) is 36.4 Å². The average Bonchev–Trinajstić information content (AvgIpc) is 2.70. The molecule has 3 rings (SSSR count). The number of aromatic nitrogens is 1. The van der Waals surface area contributed by atoms with Gasteiger partial charge in [0.05, 0.1) is 10.2 Å². The van der Waals surface area contributed by atoms with Crippen LogP contribution in [-0.2, 0) is 0 Å². The summed E-state index contributed by atoms with van der Waals surface area (Å²) < 4.78 is 2.18. The van der Waals surface area contributed by atoms with E-state index >= 15 is 0 Å². The lowest BCUT2D eigenvalue weighted by Crippen LogP contribution is -1.76. The zero-order chi connectivity index (χ0) is 12.7. The van der Waals surface area contributed by atoms with E-state index < -0.39 is 0 Å². The Kier molecular flexibility index (Phi) is 3.32. The van der Waals surface area contributed by atoms with Crippen molar-refractivity contribution in [3.8, 4) is 10.6 Å². The molecule has 1 aromatic heterocycles. The third-order valence-corrected chi connectivity index (χ3v) is 4.46. The molecule has 3 aromatic rings. The molecule has 0 radical (unpaired) electrons. The van der Waals surface area contributed by atoms with Crippen LogP contribution in [0.3, 0.4) is 0 Å². The fourth-order valence-corrected chi connectivity index (χ4v) is 3.73. The summed E-state index contributed by atoms with van der Waals surface area (Å²) in [6.45, 7) is 0. The van der Waals surface area contributed by atoms with E-state index in [1.807, 2.05) is 24.3 Å². The lowest BCUT2D eigenvalue weighted by atomic mass is 10.2. The standard InChI is InChI=1S/C13H6BrCl2NS/c14-8-1-2-11-12(5-8)18-13(17-11)7-3-9(15)6-10(16)4-7/h1-6H. The fourth-order valence-electron chi connectivity index (χ4n) is 1.70. The largest absolute Gasteiger partial charge is 0.236 e. The fraction of sp³-hybridized carbons (Fsp3) is 0. The Hall–Kier alpha value is -0.610. The minimum atomic E-state index is 0.623. The maximum absolute atomic E-state index is 6.01. The molecule has 0 aliphatic heterocycles. The normalized spacial score (nSPS) is 11.1. The van der Waals surface area contributed by atoms with Crippen molar-refractivity contribution in [1.29, 1.82) is 0 Å². The number of halogens is 3. The maximum atomic E-state index is 6.01. The summed E-state index contributed by atoms with van der Waals surface area (Å²) in [6, 6.07) is 11.5. The van der Waals surface area contributed by atoms with Crippen LogP contribution in [0, 0.1) is 0 Å². The molecule has 0 atom stereocenters. The number of benzene rings is 2. The number of rotatable bonds is 1. The first-order valence-electron chi connectivity index (χ1n) is 5.14. The second-order valence-electron chi connectivity index (χ2n) is 3.79. The van der Waals surface area contributed by atoms with Gasteiger partial charge in [-0.2, -0.15) is 0 Å². The highest BCUT2D eigenvalue weighted by atomic mass is 79.9. The van der Waals surface area contributed by atoms with Gasteiger partial charge in [0, 0.05) is 20.1 Å². The van der Waals surface area contributed by atoms with Crippen molar-refractivity contribution in [2.75, 3.05) is 0 Å². The molecule has 1 heterocycles. The van der Waals surface area contributed by atoms with E-state index in [1.165, 1.54) is 0 Å². The number of thiazole rings is 1. The van der Waals surface area contributed by atoms with E-state index in [-0.39, 0.29) is 0 Å². The number of nitrogens with zero attached hydrogens (tertiary/aromatic N) is 1. The van der Waals surface area contributed by atoms with Crippen molar-refractivity contribution in [2.45, 2.75) is 0 Å². The molecule has 0 spiro atoms. The van der Waals surface area contributed by atoms with Crippen molar-refractivity contribution >= 4 is 60.7 Å². The second-order valence-corrected chi connectivity index (χ2v) is 6.61. The Morgan fingerprint density at radius 2 is 1.72 bits per heavy atom. The van der Waals surface area contributed by atoms with E-state index in [1.54, 1.807) is 17.4 Å². The molecular formula is C13H6BrCl2NS. The van der Waals surface area contributed by atoms with E-state index in [2.05, 4.69) is 27.0 Å². The molecular weight excluding hydrogens is 353 g/mol. The van der Waals surface area contributed by atoms with Crippen LogP contribution < -0.4 is 0 Å². The van der Waals surface area contributed by atoms with E-state index in [9.17, 15) is 0 Å². The predicted molar refractivity (Wildman–Crippen MR) is 82.8 cm³/mol. The van der Waals surface area contributed by atoms with Crippen molar-refractivity contribution in [2.24, 2.45) is 0 Å². The summed E-state index contributed by atoms with van der Waals surface area (Å²) >= 11 is 17.1. The molecule has 0 amide bonds. The highest BCUT2D eigenvalue weighted by Crippen LogP contribution is 2.34. The first-order valence-corrected chi connectivity index (χ1v) is 7.51. The molecule has 0 aliphatic carbocycles. The minimum absolute atomic E-state index is 0.623. The van der Waals surface area contributed by atoms with Crippen LogP contribution in [0.25, 0.3) is 20.8 Å². The van der Waals surface area contributed by atoms with Crippen LogP contribution >= 0.6 is 50.5 Å². The summed E-state index contributed by atoms with van der Waals surface area (Å²) in [5.41, 5.74) is 1.93. The highest BCUT2D eigenvalue weighted by molar-refractivity contribution is 9.10. The van der Waals surface area contributed by atoms with E-state index in [0.717, 1.165) is 25.3 Å². The molecule has 0 N–H and O–H groups in total. The SMILES string of the molecule is Clc1cc(Cl)cc(-c2nc3ccc(Br)cc3s2)c1. The van der Waals surface area contributed by atoms with Gasteiger partial charge < -0.3 is 0 Å². The summed E-state index contributed by atoms with van der Waals surface area (Å²) in [6.07, 6.45) is 0. The zero-order valence-electron chi connectivity index (χ0n) is 8.95. The van der Waals surface area contributed by atoms with Gasteiger partial charge in [-0.15, -0.1) is 11.3 Å². The van der Waals surface area contributed by atoms with Gasteiger partial charge in [0.1, 0.15) is 5.01 Å². The highest BCUT2D eigenvalue weighted by Gasteiger charge is 2.08. The van der Waals surface area contributed by atoms with Gasteiger partial charge in [-0.3, -0.25) is 0 Å². The van der Waals surface area contributed by atoms with Gasteiger partial charge in [0.25, 0.3) is 0 Å². The molecule has 0 fully saturated rings. The summed E-state index contributed by atoms with van der Waals surface area (Å²) in [7, 11) is 0. The molecule has 0 unspecified atom stereocenters. The quantitative estimate of drug-likeness (QED) is 0.517. The number of fused-ring (bicyclic) bond motifs is 1. The lowest BCUT2D eigenvalue weighted by Gasteiger charge is -1.98. The molecule has 18 heavy (non-hydrogen) atoms. The van der Waals surface area contributed by atoms with Gasteiger partial charge in [0.2, 0.25) is 0 Å². The Morgan fingerprint density at radius 3 is 2.44 bits per heavy atom. The first kappa shape index (κ1) is 12.4. The van der Waals surface area contributed by atoms with Gasteiger partial charge in [-0.25, -0.2) is 4.98 Å². The summed E-state index contributed by atoms with van der Waals surface area (Å²) in [5, 5.41) is 2.17. The third-order valence-electron chi connectivity index (χ3n) is 2.46. The molecule has 2 aromatic carbocycles. The second kappa shape index (κ2) is 4.82. The molecule has 0 bridgehead atoms. The number of hydrogen-bond donors (Lipinski definition) is 0. The smallest absolute Gasteiger partial charge is 0.124 e. The van der Waals surface area contributed by atoms with Crippen molar-refractivity contribution < 1.29 is 0 Å². The lowest BCUT2D eigenvalue weighted by molar-refractivity contribution is 1.47. The van der Waals surface area contributed by atoms with Gasteiger partial charge in [-0.1, -0.05) is 39.1 Å². The van der Waals surface area contributed by atoms with Crippen LogP contribution in [0.5, 0.6) is 0 Å². The monoisotopic (exact) mass is 357 g/mol. The van der Waals surface area contributed by atoms with Crippen molar-refractivity contribution in [3.63, 3.8) is 0 Å². The Labute approximate surface area is 127 Å². The summed E-state index contributed by atoms with van der Waals surface area (Å²) in [4.78, 5) is 4.59. The van der Waals surface area contributed by atoms with Crippen LogP contribution in [0.1, 0.15) is 0 Å².